The van der Waals surface area contributed by atoms with Gasteiger partial charge in [-0.3, -0.25) is 0 Å². The van der Waals surface area contributed by atoms with Crippen LogP contribution in [-0.2, 0) is 18.0 Å². The normalized spacial score (nSPS) is 22.9. The highest BCUT2D eigenvalue weighted by atomic mass is 16.6. The molecule has 1 aliphatic rings. The van der Waals surface area contributed by atoms with Crippen LogP contribution in [0.1, 0.15) is 22.8 Å². The molecule has 162 valence electrons. The molecule has 0 aromatic heterocycles. The van der Waals surface area contributed by atoms with Crippen molar-refractivity contribution >= 4 is 0 Å². The van der Waals surface area contributed by atoms with Crippen LogP contribution >= 0.6 is 0 Å². The Hall–Kier alpha value is -2.90. The number of ether oxygens (including phenoxy) is 3. The van der Waals surface area contributed by atoms with Crippen LogP contribution in [0, 0.1) is 0 Å². The molecule has 4 rings (SSSR count). The van der Waals surface area contributed by atoms with E-state index in [2.05, 4.69) is 0 Å². The highest BCUT2D eigenvalue weighted by Crippen LogP contribution is 2.40. The minimum atomic E-state index is -1.18. The second-order valence-corrected chi connectivity index (χ2v) is 7.51. The van der Waals surface area contributed by atoms with Crippen molar-refractivity contribution in [1.29, 1.82) is 0 Å². The van der Waals surface area contributed by atoms with E-state index < -0.39 is 24.4 Å². The molecule has 0 radical (unpaired) electrons. The predicted octanol–water partition coefficient (Wildman–Crippen LogP) is 3.00. The lowest BCUT2D eigenvalue weighted by molar-refractivity contribution is -0.0235. The van der Waals surface area contributed by atoms with Crippen molar-refractivity contribution in [2.45, 2.75) is 37.6 Å². The summed E-state index contributed by atoms with van der Waals surface area (Å²) >= 11 is 0. The SMILES string of the molecule is OC[C@@H]1O[C@@H](c2ccc(OCc3ccccc3)cc2OCc2ccccc2)[C@@H](O)[C@@H]1O. The maximum atomic E-state index is 10.5. The summed E-state index contributed by atoms with van der Waals surface area (Å²) in [7, 11) is 0. The molecule has 0 spiro atoms. The predicted molar refractivity (Wildman–Crippen MR) is 115 cm³/mol. The Balaban J connectivity index is 1.57. The molecule has 0 amide bonds. The number of hydrogen-bond donors (Lipinski definition) is 3. The number of hydrogen-bond acceptors (Lipinski definition) is 6. The summed E-state index contributed by atoms with van der Waals surface area (Å²) in [5, 5.41) is 30.0. The second-order valence-electron chi connectivity index (χ2n) is 7.51. The summed E-state index contributed by atoms with van der Waals surface area (Å²) in [6, 6.07) is 24.9. The summed E-state index contributed by atoms with van der Waals surface area (Å²) in [4.78, 5) is 0. The lowest BCUT2D eigenvalue weighted by Gasteiger charge is -2.20. The van der Waals surface area contributed by atoms with Gasteiger partial charge in [0.05, 0.1) is 6.61 Å². The van der Waals surface area contributed by atoms with Crippen molar-refractivity contribution in [2.75, 3.05) is 6.61 Å². The Morgan fingerprint density at radius 3 is 1.94 bits per heavy atom. The van der Waals surface area contributed by atoms with Crippen LogP contribution in [-0.4, -0.2) is 40.2 Å². The van der Waals surface area contributed by atoms with Gasteiger partial charge in [0.15, 0.2) is 0 Å². The van der Waals surface area contributed by atoms with E-state index in [0.717, 1.165) is 11.1 Å². The molecule has 6 heteroatoms. The van der Waals surface area contributed by atoms with Crippen LogP contribution in [0.4, 0.5) is 0 Å². The molecule has 31 heavy (non-hydrogen) atoms. The Morgan fingerprint density at radius 2 is 1.35 bits per heavy atom. The van der Waals surface area contributed by atoms with Crippen LogP contribution < -0.4 is 9.47 Å². The van der Waals surface area contributed by atoms with E-state index in [0.29, 0.717) is 30.3 Å². The minimum Gasteiger partial charge on any atom is -0.489 e. The molecule has 3 aromatic rings. The van der Waals surface area contributed by atoms with Gasteiger partial charge in [-0.1, -0.05) is 60.7 Å². The van der Waals surface area contributed by atoms with E-state index in [9.17, 15) is 15.3 Å². The maximum Gasteiger partial charge on any atom is 0.129 e. The monoisotopic (exact) mass is 422 g/mol. The second kappa shape index (κ2) is 9.94. The first-order chi connectivity index (χ1) is 15.2. The van der Waals surface area contributed by atoms with Crippen molar-refractivity contribution in [3.63, 3.8) is 0 Å². The highest BCUT2D eigenvalue weighted by Gasteiger charge is 2.44. The third-order valence-electron chi connectivity index (χ3n) is 5.32. The fraction of sp³-hybridized carbons (Fsp3) is 0.280. The number of aliphatic hydroxyl groups excluding tert-OH is 3. The Kier molecular flexibility index (Phi) is 6.84. The average Bonchev–Trinajstić information content (AvgIpc) is 3.11. The van der Waals surface area contributed by atoms with Crippen LogP contribution in [0.15, 0.2) is 78.9 Å². The molecular formula is C25H26O6. The van der Waals surface area contributed by atoms with Crippen molar-refractivity contribution < 1.29 is 29.5 Å². The Bertz CT molecular complexity index is 962. The van der Waals surface area contributed by atoms with Crippen LogP contribution in [0.5, 0.6) is 11.5 Å². The third-order valence-corrected chi connectivity index (χ3v) is 5.32. The average molecular weight is 422 g/mol. The molecule has 0 saturated carbocycles. The fourth-order valence-electron chi connectivity index (χ4n) is 3.60. The van der Waals surface area contributed by atoms with E-state index in [1.807, 2.05) is 60.7 Å². The highest BCUT2D eigenvalue weighted by molar-refractivity contribution is 5.43. The number of aliphatic hydroxyl groups is 3. The molecule has 6 nitrogen and oxygen atoms in total. The summed E-state index contributed by atoms with van der Waals surface area (Å²) < 4.78 is 17.7. The van der Waals surface area contributed by atoms with Crippen LogP contribution in [0.2, 0.25) is 0 Å². The maximum absolute atomic E-state index is 10.5. The molecule has 3 aromatic carbocycles. The largest absolute Gasteiger partial charge is 0.489 e. The Morgan fingerprint density at radius 1 is 0.742 bits per heavy atom. The van der Waals surface area contributed by atoms with Crippen molar-refractivity contribution in [1.82, 2.24) is 0 Å². The smallest absolute Gasteiger partial charge is 0.129 e. The standard InChI is InChI=1S/C25H26O6/c26-14-22-23(27)24(28)25(31-22)20-12-11-19(29-15-17-7-3-1-4-8-17)13-21(20)30-16-18-9-5-2-6-10-18/h1-13,22-28H,14-16H2/t22-,23+,24-,25-/m0/s1. The zero-order valence-electron chi connectivity index (χ0n) is 17.0. The van der Waals surface area contributed by atoms with Gasteiger partial charge in [-0.15, -0.1) is 0 Å². The third kappa shape index (κ3) is 5.06. The first-order valence-electron chi connectivity index (χ1n) is 10.3. The van der Waals surface area contributed by atoms with Gasteiger partial charge in [0, 0.05) is 11.6 Å². The molecule has 3 N–H and O–H groups in total. The zero-order chi connectivity index (χ0) is 21.6. The molecule has 1 saturated heterocycles. The van der Waals surface area contributed by atoms with E-state index in [-0.39, 0.29) is 6.61 Å². The van der Waals surface area contributed by atoms with Gasteiger partial charge in [0.2, 0.25) is 0 Å². The van der Waals surface area contributed by atoms with Gasteiger partial charge < -0.3 is 29.5 Å². The van der Waals surface area contributed by atoms with E-state index in [1.54, 1.807) is 18.2 Å². The van der Waals surface area contributed by atoms with E-state index >= 15 is 0 Å². The Labute approximate surface area is 181 Å². The van der Waals surface area contributed by atoms with Gasteiger partial charge in [0.25, 0.3) is 0 Å². The van der Waals surface area contributed by atoms with Crippen LogP contribution in [0.3, 0.4) is 0 Å². The lowest BCUT2D eigenvalue weighted by Crippen LogP contribution is -2.32. The van der Waals surface area contributed by atoms with Gasteiger partial charge in [-0.05, 0) is 23.3 Å². The van der Waals surface area contributed by atoms with E-state index in [1.165, 1.54) is 0 Å². The van der Waals surface area contributed by atoms with Crippen molar-refractivity contribution in [3.05, 3.63) is 95.6 Å². The quantitative estimate of drug-likeness (QED) is 0.517. The molecule has 0 aliphatic carbocycles. The van der Waals surface area contributed by atoms with Crippen molar-refractivity contribution in [3.8, 4) is 11.5 Å². The summed E-state index contributed by atoms with van der Waals surface area (Å²) in [6.45, 7) is 0.351. The molecule has 1 fully saturated rings. The molecular weight excluding hydrogens is 396 g/mol. The number of rotatable bonds is 8. The topological polar surface area (TPSA) is 88.4 Å². The molecule has 1 heterocycles. The molecule has 4 atom stereocenters. The molecule has 1 aliphatic heterocycles. The summed E-state index contributed by atoms with van der Waals surface area (Å²) in [6.07, 6.45) is -4.02. The molecule has 0 unspecified atom stereocenters. The van der Waals surface area contributed by atoms with Crippen molar-refractivity contribution in [2.24, 2.45) is 0 Å². The van der Waals surface area contributed by atoms with Gasteiger partial charge in [0.1, 0.15) is 49.1 Å². The van der Waals surface area contributed by atoms with Gasteiger partial charge in [-0.25, -0.2) is 0 Å². The first-order valence-corrected chi connectivity index (χ1v) is 10.3. The van der Waals surface area contributed by atoms with Gasteiger partial charge >= 0.3 is 0 Å². The van der Waals surface area contributed by atoms with E-state index in [4.69, 9.17) is 14.2 Å². The first kappa shape index (κ1) is 21.3. The number of benzene rings is 3. The molecule has 0 bridgehead atoms. The summed E-state index contributed by atoms with van der Waals surface area (Å²) in [5.74, 6) is 1.10. The van der Waals surface area contributed by atoms with Crippen LogP contribution in [0.25, 0.3) is 0 Å². The minimum absolute atomic E-state index is 0.324. The summed E-state index contributed by atoms with van der Waals surface area (Å²) in [5.41, 5.74) is 2.62. The zero-order valence-corrected chi connectivity index (χ0v) is 17.0. The fourth-order valence-corrected chi connectivity index (χ4v) is 3.60. The van der Waals surface area contributed by atoms with Gasteiger partial charge in [-0.2, -0.15) is 0 Å². The lowest BCUT2D eigenvalue weighted by atomic mass is 10.0.